The summed E-state index contributed by atoms with van der Waals surface area (Å²) in [5, 5.41) is 25.2. The molecule has 15 nitrogen and oxygen atoms in total. The van der Waals surface area contributed by atoms with Crippen molar-refractivity contribution in [2.24, 2.45) is 5.92 Å². The van der Waals surface area contributed by atoms with Crippen LogP contribution >= 0.6 is 0 Å². The summed E-state index contributed by atoms with van der Waals surface area (Å²) in [4.78, 5) is 75.3. The van der Waals surface area contributed by atoms with Gasteiger partial charge in [-0.1, -0.05) is 39.0 Å². The van der Waals surface area contributed by atoms with Crippen molar-refractivity contribution >= 4 is 35.4 Å². The topological polar surface area (TPSA) is 203 Å². The first-order chi connectivity index (χ1) is 18.4. The van der Waals surface area contributed by atoms with Crippen LogP contribution in [0.15, 0.2) is 41.3 Å². The number of carbonyl (C=O) groups excluding carboxylic acids is 3. The van der Waals surface area contributed by atoms with E-state index in [1.807, 2.05) is 0 Å². The fourth-order valence-electron chi connectivity index (χ4n) is 3.30. The number of nitrogens with zero attached hydrogens (tertiary/aromatic N) is 4. The fraction of sp³-hybridized carbons (Fsp3) is 0.417. The zero-order valence-corrected chi connectivity index (χ0v) is 21.7. The molecular formula is C24H30N6O9. The van der Waals surface area contributed by atoms with Gasteiger partial charge in [0, 0.05) is 42.8 Å². The molecule has 0 fully saturated rings. The highest BCUT2D eigenvalue weighted by atomic mass is 16.6. The highest BCUT2D eigenvalue weighted by Crippen LogP contribution is 2.26. The SMILES string of the molecule is CC(C)C(=O)Nc1ccn(CC(=O)N(CCNC(=O)OCC(C)c2ccccc2[N+](=O)[O-])CC(=O)O)c(=O)n1. The van der Waals surface area contributed by atoms with Gasteiger partial charge in [-0.15, -0.1) is 0 Å². The molecule has 1 atom stereocenters. The number of aromatic nitrogens is 2. The second kappa shape index (κ2) is 14.2. The number of carboxylic acid groups (broad SMARTS) is 1. The third-order valence-corrected chi connectivity index (χ3v) is 5.41. The molecular weight excluding hydrogens is 516 g/mol. The molecule has 0 spiro atoms. The lowest BCUT2D eigenvalue weighted by molar-refractivity contribution is -0.385. The molecule has 2 rings (SSSR count). The van der Waals surface area contributed by atoms with Crippen LogP contribution in [0, 0.1) is 16.0 Å². The molecule has 3 N–H and O–H groups in total. The molecule has 1 heterocycles. The number of aliphatic carboxylic acids is 1. The summed E-state index contributed by atoms with van der Waals surface area (Å²) in [6, 6.07) is 7.41. The summed E-state index contributed by atoms with van der Waals surface area (Å²) in [6.45, 7) is 3.27. The Morgan fingerprint density at radius 3 is 2.49 bits per heavy atom. The number of anilines is 1. The number of alkyl carbamates (subject to hydrolysis) is 1. The highest BCUT2D eigenvalue weighted by Gasteiger charge is 2.21. The average Bonchev–Trinajstić information content (AvgIpc) is 2.87. The fourth-order valence-corrected chi connectivity index (χ4v) is 3.30. The predicted octanol–water partition coefficient (Wildman–Crippen LogP) is 1.19. The van der Waals surface area contributed by atoms with Crippen LogP contribution in [0.3, 0.4) is 0 Å². The summed E-state index contributed by atoms with van der Waals surface area (Å²) in [7, 11) is 0. The standard InChI is InChI=1S/C24H30N6O9/c1-15(2)22(34)26-19-8-10-29(23(35)27-19)12-20(31)28(13-21(32)33)11-9-25-24(36)39-14-16(3)17-6-4-5-7-18(17)30(37)38/h4-8,10,15-16H,9,11-14H2,1-3H3,(H,25,36)(H,32,33)(H,26,27,34,35). The second-order valence-corrected chi connectivity index (χ2v) is 8.82. The van der Waals surface area contributed by atoms with E-state index in [1.165, 1.54) is 24.4 Å². The number of nitro groups is 1. The molecule has 0 radical (unpaired) electrons. The number of hydrogen-bond donors (Lipinski definition) is 3. The molecule has 0 aliphatic heterocycles. The number of amides is 3. The highest BCUT2D eigenvalue weighted by molar-refractivity contribution is 5.91. The first-order valence-corrected chi connectivity index (χ1v) is 11.9. The monoisotopic (exact) mass is 546 g/mol. The molecule has 39 heavy (non-hydrogen) atoms. The minimum Gasteiger partial charge on any atom is -0.480 e. The number of carbonyl (C=O) groups is 4. The van der Waals surface area contributed by atoms with Crippen molar-refractivity contribution in [1.82, 2.24) is 19.8 Å². The number of carboxylic acids is 1. The van der Waals surface area contributed by atoms with Crippen LogP contribution in [0.4, 0.5) is 16.3 Å². The average molecular weight is 547 g/mol. The van der Waals surface area contributed by atoms with Crippen molar-refractivity contribution in [3.8, 4) is 0 Å². The van der Waals surface area contributed by atoms with Crippen molar-refractivity contribution in [3.63, 3.8) is 0 Å². The maximum Gasteiger partial charge on any atom is 0.407 e. The van der Waals surface area contributed by atoms with Crippen LogP contribution < -0.4 is 16.3 Å². The minimum absolute atomic E-state index is 0.0173. The molecule has 210 valence electrons. The molecule has 1 aromatic heterocycles. The Balaban J connectivity index is 1.91. The molecule has 0 saturated heterocycles. The molecule has 15 heteroatoms. The quantitative estimate of drug-likeness (QED) is 0.242. The number of benzene rings is 1. The van der Waals surface area contributed by atoms with Crippen molar-refractivity contribution in [2.45, 2.75) is 33.2 Å². The van der Waals surface area contributed by atoms with Gasteiger partial charge in [0.05, 0.1) is 4.92 Å². The Morgan fingerprint density at radius 2 is 1.87 bits per heavy atom. The van der Waals surface area contributed by atoms with Gasteiger partial charge in [-0.2, -0.15) is 4.98 Å². The van der Waals surface area contributed by atoms with E-state index >= 15 is 0 Å². The maximum atomic E-state index is 12.7. The Kier molecular flexibility index (Phi) is 11.1. The minimum atomic E-state index is -1.30. The lowest BCUT2D eigenvalue weighted by atomic mass is 10.0. The van der Waals surface area contributed by atoms with Gasteiger partial charge in [0.25, 0.3) is 5.69 Å². The smallest absolute Gasteiger partial charge is 0.407 e. The van der Waals surface area contributed by atoms with Crippen LogP contribution in [0.1, 0.15) is 32.3 Å². The Morgan fingerprint density at radius 1 is 1.18 bits per heavy atom. The summed E-state index contributed by atoms with van der Waals surface area (Å²) >= 11 is 0. The van der Waals surface area contributed by atoms with E-state index in [2.05, 4.69) is 15.6 Å². The summed E-state index contributed by atoms with van der Waals surface area (Å²) in [5.41, 5.74) is -0.524. The third-order valence-electron chi connectivity index (χ3n) is 5.41. The number of rotatable bonds is 13. The summed E-state index contributed by atoms with van der Waals surface area (Å²) < 4.78 is 6.06. The van der Waals surface area contributed by atoms with Crippen LogP contribution in [0.2, 0.25) is 0 Å². The molecule has 1 unspecified atom stereocenters. The first-order valence-electron chi connectivity index (χ1n) is 11.9. The lowest BCUT2D eigenvalue weighted by Gasteiger charge is -2.21. The van der Waals surface area contributed by atoms with Gasteiger partial charge in [-0.3, -0.25) is 29.1 Å². The zero-order valence-electron chi connectivity index (χ0n) is 21.7. The second-order valence-electron chi connectivity index (χ2n) is 8.82. The number of nitrogens with one attached hydrogen (secondary N) is 2. The van der Waals surface area contributed by atoms with E-state index in [0.29, 0.717) is 5.56 Å². The van der Waals surface area contributed by atoms with Crippen LogP contribution in [0.5, 0.6) is 0 Å². The third kappa shape index (κ3) is 9.53. The summed E-state index contributed by atoms with van der Waals surface area (Å²) in [6.07, 6.45) is 0.387. The van der Waals surface area contributed by atoms with Crippen LogP contribution in [-0.2, 0) is 25.7 Å². The number of ether oxygens (including phenoxy) is 1. The van der Waals surface area contributed by atoms with E-state index in [-0.39, 0.29) is 43.0 Å². The van der Waals surface area contributed by atoms with E-state index in [4.69, 9.17) is 9.84 Å². The number of para-hydroxylation sites is 1. The first kappa shape index (κ1) is 30.4. The Hall–Kier alpha value is -4.82. The van der Waals surface area contributed by atoms with Crippen LogP contribution in [-0.4, -0.2) is 74.6 Å². The van der Waals surface area contributed by atoms with Gasteiger partial charge in [0.15, 0.2) is 0 Å². The molecule has 0 aliphatic carbocycles. The Labute approximate surface area is 222 Å². The van der Waals surface area contributed by atoms with Crippen molar-refractivity contribution in [3.05, 3.63) is 62.7 Å². The molecule has 0 aliphatic rings. The van der Waals surface area contributed by atoms with Crippen LogP contribution in [0.25, 0.3) is 0 Å². The number of hydrogen-bond acceptors (Lipinski definition) is 9. The maximum absolute atomic E-state index is 12.7. The summed E-state index contributed by atoms with van der Waals surface area (Å²) in [5.74, 6) is -3.16. The normalized spacial score (nSPS) is 11.4. The molecule has 3 amide bonds. The van der Waals surface area contributed by atoms with Gasteiger partial charge in [0.1, 0.15) is 25.5 Å². The molecule has 1 aromatic carbocycles. The zero-order chi connectivity index (χ0) is 29.1. The molecule has 0 saturated carbocycles. The molecule has 0 bridgehead atoms. The van der Waals surface area contributed by atoms with Gasteiger partial charge in [0.2, 0.25) is 11.8 Å². The van der Waals surface area contributed by atoms with E-state index in [0.717, 1.165) is 9.47 Å². The van der Waals surface area contributed by atoms with Gasteiger partial charge < -0.3 is 25.4 Å². The Bertz CT molecular complexity index is 1280. The molecule has 2 aromatic rings. The van der Waals surface area contributed by atoms with E-state index in [1.54, 1.807) is 32.9 Å². The largest absolute Gasteiger partial charge is 0.480 e. The van der Waals surface area contributed by atoms with Gasteiger partial charge >= 0.3 is 17.8 Å². The van der Waals surface area contributed by atoms with Crippen molar-refractivity contribution in [1.29, 1.82) is 0 Å². The van der Waals surface area contributed by atoms with Gasteiger partial charge in [-0.25, -0.2) is 9.59 Å². The number of nitro benzene ring substituents is 1. The van der Waals surface area contributed by atoms with E-state index in [9.17, 15) is 34.1 Å². The predicted molar refractivity (Wildman–Crippen MR) is 137 cm³/mol. The van der Waals surface area contributed by atoms with E-state index < -0.39 is 47.6 Å². The van der Waals surface area contributed by atoms with Gasteiger partial charge in [-0.05, 0) is 6.07 Å². The van der Waals surface area contributed by atoms with Crippen molar-refractivity contribution < 1.29 is 33.9 Å². The lowest BCUT2D eigenvalue weighted by Crippen LogP contribution is -2.44. The van der Waals surface area contributed by atoms with Crippen molar-refractivity contribution in [2.75, 3.05) is 31.6 Å².